The second-order valence-electron chi connectivity index (χ2n) is 12.6. The van der Waals surface area contributed by atoms with E-state index in [2.05, 4.69) is 26.6 Å². The summed E-state index contributed by atoms with van der Waals surface area (Å²) in [4.78, 5) is 24.6. The van der Waals surface area contributed by atoms with Crippen LogP contribution in [0.2, 0.25) is 5.02 Å². The molecule has 2 unspecified atom stereocenters. The summed E-state index contributed by atoms with van der Waals surface area (Å²) < 4.78 is 14.3. The van der Waals surface area contributed by atoms with E-state index in [9.17, 15) is 4.79 Å². The lowest BCUT2D eigenvalue weighted by molar-refractivity contribution is -0.236. The Bertz CT molecular complexity index is 1680. The second kappa shape index (κ2) is 11.4. The van der Waals surface area contributed by atoms with E-state index in [0.29, 0.717) is 35.0 Å². The Morgan fingerprint density at radius 1 is 1.02 bits per heavy atom. The van der Waals surface area contributed by atoms with Gasteiger partial charge in [0.15, 0.2) is 0 Å². The Morgan fingerprint density at radius 2 is 1.91 bits per heavy atom. The normalized spacial score (nSPS) is 23.1. The molecule has 9 nitrogen and oxygen atoms in total. The molecule has 1 aromatic carbocycles. The fraction of sp³-hybridized carbons (Fsp3) is 0.441. The van der Waals surface area contributed by atoms with Crippen molar-refractivity contribution in [3.63, 3.8) is 0 Å². The standard InChI is InChI=1S/C34H37ClN6O3/c35-23-8-12-41-28(21-37-31(41)17-23)25-5-6-27(32-26(25)20-38-33(32)42)39-30-7-4-24(19-36-30)40-13-10-34(11-14-40)18-29(44-34)22-3-1-2-15-43-16-9-22/h4-8,12,17,19,21-22,29H,1-3,9-11,13-16,18,20H2,(H,36,39)(H,38,42). The zero-order valence-electron chi connectivity index (χ0n) is 24.7. The van der Waals surface area contributed by atoms with E-state index in [1.165, 1.54) is 25.7 Å². The highest BCUT2D eigenvalue weighted by atomic mass is 35.5. The first-order valence-electron chi connectivity index (χ1n) is 15.9. The molecule has 4 aromatic rings. The quantitative estimate of drug-likeness (QED) is 0.270. The smallest absolute Gasteiger partial charge is 0.254 e. The molecule has 10 heteroatoms. The molecule has 2 atom stereocenters. The first-order chi connectivity index (χ1) is 21.6. The van der Waals surface area contributed by atoms with E-state index in [1.807, 2.05) is 53.3 Å². The Hall–Kier alpha value is -3.66. The van der Waals surface area contributed by atoms with Gasteiger partial charge in [-0.1, -0.05) is 24.1 Å². The van der Waals surface area contributed by atoms with Gasteiger partial charge in [-0.2, -0.15) is 0 Å². The number of rotatable bonds is 5. The summed E-state index contributed by atoms with van der Waals surface area (Å²) in [6.45, 7) is 4.20. The highest BCUT2D eigenvalue weighted by Gasteiger charge is 2.49. The molecular weight excluding hydrogens is 576 g/mol. The zero-order chi connectivity index (χ0) is 29.7. The maximum Gasteiger partial charge on any atom is 0.254 e. The van der Waals surface area contributed by atoms with Gasteiger partial charge in [0.2, 0.25) is 0 Å². The van der Waals surface area contributed by atoms with Crippen LogP contribution in [-0.2, 0) is 16.0 Å². The number of aromatic nitrogens is 3. The molecular formula is C34H37ClN6O3. The van der Waals surface area contributed by atoms with E-state index in [-0.39, 0.29) is 11.5 Å². The molecule has 44 heavy (non-hydrogen) atoms. The van der Waals surface area contributed by atoms with Crippen molar-refractivity contribution in [3.8, 4) is 11.3 Å². The lowest BCUT2D eigenvalue weighted by Gasteiger charge is -2.54. The van der Waals surface area contributed by atoms with Crippen LogP contribution >= 0.6 is 11.6 Å². The van der Waals surface area contributed by atoms with Gasteiger partial charge in [0.05, 0.1) is 46.7 Å². The van der Waals surface area contributed by atoms with Gasteiger partial charge >= 0.3 is 0 Å². The predicted molar refractivity (Wildman–Crippen MR) is 171 cm³/mol. The van der Waals surface area contributed by atoms with Gasteiger partial charge < -0.3 is 25.0 Å². The van der Waals surface area contributed by atoms with Gasteiger partial charge in [0.1, 0.15) is 11.5 Å². The maximum absolute atomic E-state index is 13.0. The number of amides is 1. The average Bonchev–Trinajstić information content (AvgIpc) is 3.60. The number of nitrogens with zero attached hydrogens (tertiary/aromatic N) is 4. The summed E-state index contributed by atoms with van der Waals surface area (Å²) >= 11 is 6.16. The van der Waals surface area contributed by atoms with Gasteiger partial charge in [-0.05, 0) is 67.9 Å². The van der Waals surface area contributed by atoms with Gasteiger partial charge in [-0.15, -0.1) is 0 Å². The van der Waals surface area contributed by atoms with Crippen molar-refractivity contribution < 1.29 is 14.3 Å². The molecule has 3 aromatic heterocycles. The first kappa shape index (κ1) is 27.9. The summed E-state index contributed by atoms with van der Waals surface area (Å²) in [6, 6.07) is 11.8. The maximum atomic E-state index is 13.0. The van der Waals surface area contributed by atoms with Crippen molar-refractivity contribution in [2.75, 3.05) is 36.5 Å². The van der Waals surface area contributed by atoms with E-state index in [4.69, 9.17) is 26.1 Å². The van der Waals surface area contributed by atoms with Crippen molar-refractivity contribution >= 4 is 40.3 Å². The van der Waals surface area contributed by atoms with Gasteiger partial charge in [0.25, 0.3) is 5.91 Å². The fourth-order valence-electron chi connectivity index (χ4n) is 7.53. The number of imidazole rings is 1. The minimum atomic E-state index is -0.0941. The molecule has 3 saturated heterocycles. The van der Waals surface area contributed by atoms with Crippen LogP contribution in [0, 0.1) is 5.92 Å². The molecule has 0 saturated carbocycles. The fourth-order valence-corrected chi connectivity index (χ4v) is 7.69. The van der Waals surface area contributed by atoms with Crippen LogP contribution in [0.1, 0.15) is 60.9 Å². The number of carbonyl (C=O) groups is 1. The molecule has 4 aliphatic rings. The van der Waals surface area contributed by atoms with Crippen molar-refractivity contribution in [1.82, 2.24) is 19.7 Å². The topological polar surface area (TPSA) is 93.0 Å². The van der Waals surface area contributed by atoms with Crippen molar-refractivity contribution in [3.05, 3.63) is 71.1 Å². The summed E-state index contributed by atoms with van der Waals surface area (Å²) in [6.07, 6.45) is 14.2. The second-order valence-corrected chi connectivity index (χ2v) is 13.1. The number of fused-ring (bicyclic) bond motifs is 2. The highest BCUT2D eigenvalue weighted by Crippen LogP contribution is 2.46. The molecule has 0 bridgehead atoms. The molecule has 7 heterocycles. The number of piperidine rings is 1. The molecule has 8 rings (SSSR count). The number of pyridine rings is 2. The Morgan fingerprint density at radius 3 is 2.75 bits per heavy atom. The van der Waals surface area contributed by atoms with Crippen LogP contribution < -0.4 is 15.5 Å². The number of carbonyl (C=O) groups excluding carboxylic acids is 1. The zero-order valence-corrected chi connectivity index (χ0v) is 25.5. The van der Waals surface area contributed by atoms with Gasteiger partial charge in [-0.3, -0.25) is 9.20 Å². The van der Waals surface area contributed by atoms with E-state index in [1.54, 1.807) is 0 Å². The highest BCUT2D eigenvalue weighted by molar-refractivity contribution is 6.30. The van der Waals surface area contributed by atoms with Crippen molar-refractivity contribution in [2.45, 2.75) is 63.2 Å². The molecule has 1 amide bonds. The van der Waals surface area contributed by atoms with Gasteiger partial charge in [-0.25, -0.2) is 9.97 Å². The van der Waals surface area contributed by atoms with Crippen LogP contribution in [0.5, 0.6) is 0 Å². The molecule has 2 N–H and O–H groups in total. The van der Waals surface area contributed by atoms with Crippen LogP contribution in [0.3, 0.4) is 0 Å². The van der Waals surface area contributed by atoms with Crippen LogP contribution in [0.15, 0.2) is 55.0 Å². The third-order valence-electron chi connectivity index (χ3n) is 10.0. The lowest BCUT2D eigenvalue weighted by atomic mass is 9.75. The number of ether oxygens (including phenoxy) is 2. The number of hydrogen-bond acceptors (Lipinski definition) is 7. The molecule has 228 valence electrons. The summed E-state index contributed by atoms with van der Waals surface area (Å²) in [5, 5.41) is 7.03. The first-order valence-corrected chi connectivity index (χ1v) is 16.2. The molecule has 1 spiro atoms. The van der Waals surface area contributed by atoms with Crippen LogP contribution in [-0.4, -0.2) is 58.3 Å². The third kappa shape index (κ3) is 5.10. The number of nitrogens with one attached hydrogen (secondary N) is 2. The third-order valence-corrected chi connectivity index (χ3v) is 10.2. The van der Waals surface area contributed by atoms with Crippen LogP contribution in [0.25, 0.3) is 16.9 Å². The van der Waals surface area contributed by atoms with Crippen molar-refractivity contribution in [1.29, 1.82) is 0 Å². The number of anilines is 3. The lowest BCUT2D eigenvalue weighted by Crippen LogP contribution is -2.58. The Balaban J connectivity index is 0.928. The van der Waals surface area contributed by atoms with Gasteiger partial charge in [0, 0.05) is 62.1 Å². The monoisotopic (exact) mass is 612 g/mol. The summed E-state index contributed by atoms with van der Waals surface area (Å²) in [5.41, 5.74) is 6.14. The summed E-state index contributed by atoms with van der Waals surface area (Å²) in [7, 11) is 0. The molecule has 4 aliphatic heterocycles. The van der Waals surface area contributed by atoms with Crippen molar-refractivity contribution in [2.24, 2.45) is 5.92 Å². The average molecular weight is 613 g/mol. The van der Waals surface area contributed by atoms with E-state index >= 15 is 0 Å². The number of hydrogen-bond donors (Lipinski definition) is 2. The van der Waals surface area contributed by atoms with Crippen LogP contribution in [0.4, 0.5) is 17.2 Å². The largest absolute Gasteiger partial charge is 0.381 e. The number of halogens is 1. The minimum absolute atomic E-state index is 0.0582. The van der Waals surface area contributed by atoms with E-state index in [0.717, 1.165) is 79.4 Å². The summed E-state index contributed by atoms with van der Waals surface area (Å²) in [5.74, 6) is 1.26. The molecule has 0 radical (unpaired) electrons. The van der Waals surface area contributed by atoms with E-state index < -0.39 is 0 Å². The minimum Gasteiger partial charge on any atom is -0.381 e. The SMILES string of the molecule is O=C1NCc2c(-c3cnc4cc(Cl)ccn34)ccc(Nc3ccc(N4CCC5(CC4)CC(C4CCCCOCC4)O5)cn3)c21. The predicted octanol–water partition coefficient (Wildman–Crippen LogP) is 6.37. The number of benzene rings is 1. The molecule has 0 aliphatic carbocycles. The Kier molecular flexibility index (Phi) is 7.19. The Labute approximate surface area is 261 Å². The molecule has 3 fully saturated rings.